The van der Waals surface area contributed by atoms with E-state index in [0.29, 0.717) is 0 Å². The van der Waals surface area contributed by atoms with Crippen LogP contribution in [0, 0.1) is 0 Å². The zero-order chi connectivity index (χ0) is 10.5. The molecule has 0 N–H and O–H groups in total. The molecular formula is C10H22S2Si. The topological polar surface area (TPSA) is 0 Å². The quantitative estimate of drug-likeness (QED) is 0.630. The van der Waals surface area contributed by atoms with E-state index in [1.807, 2.05) is 23.5 Å². The maximum atomic E-state index is 3.91. The molecule has 0 aromatic rings. The third-order valence-corrected chi connectivity index (χ3v) is 8.77. The summed E-state index contributed by atoms with van der Waals surface area (Å²) in [7, 11) is -0.939. The van der Waals surface area contributed by atoms with Crippen molar-refractivity contribution in [3.05, 3.63) is 11.5 Å². The summed E-state index contributed by atoms with van der Waals surface area (Å²) in [6.45, 7) is 13.4. The van der Waals surface area contributed by atoms with Gasteiger partial charge >= 0.3 is 0 Å². The summed E-state index contributed by atoms with van der Waals surface area (Å²) in [5.74, 6) is 1.24. The van der Waals surface area contributed by atoms with E-state index < -0.39 is 8.07 Å². The van der Waals surface area contributed by atoms with Crippen LogP contribution in [0.1, 0.15) is 13.3 Å². The van der Waals surface area contributed by atoms with E-state index in [0.717, 1.165) is 4.87 Å². The van der Waals surface area contributed by atoms with Crippen LogP contribution >= 0.6 is 23.5 Å². The van der Waals surface area contributed by atoms with Gasteiger partial charge in [0.2, 0.25) is 0 Å². The Balaban J connectivity index is 3.80. The molecule has 0 saturated carbocycles. The summed E-state index contributed by atoms with van der Waals surface area (Å²) >= 11 is 3.95. The number of hydrogen-bond acceptors (Lipinski definition) is 2. The van der Waals surface area contributed by atoms with E-state index >= 15 is 0 Å². The highest BCUT2D eigenvalue weighted by molar-refractivity contribution is 8.03. The predicted molar refractivity (Wildman–Crippen MR) is 72.5 cm³/mol. The molecule has 0 radical (unpaired) electrons. The van der Waals surface area contributed by atoms with Crippen molar-refractivity contribution in [1.29, 1.82) is 0 Å². The standard InChI is InChI=1S/C10H22S2Si/c1-9(2)12-8-7-10(11-3)13(4,5)6/h10H,1,7-8H2,2-6H3. The van der Waals surface area contributed by atoms with Gasteiger partial charge in [0.15, 0.2) is 0 Å². The van der Waals surface area contributed by atoms with Crippen LogP contribution in [0.2, 0.25) is 19.6 Å². The molecule has 0 rings (SSSR count). The van der Waals surface area contributed by atoms with Crippen molar-refractivity contribution in [3.63, 3.8) is 0 Å². The van der Waals surface area contributed by atoms with Gasteiger partial charge in [-0.3, -0.25) is 0 Å². The fourth-order valence-corrected chi connectivity index (χ4v) is 6.50. The van der Waals surface area contributed by atoms with Crippen molar-refractivity contribution in [3.8, 4) is 0 Å². The normalized spacial score (nSPS) is 14.2. The Labute approximate surface area is 93.0 Å². The van der Waals surface area contributed by atoms with Crippen molar-refractivity contribution in [2.75, 3.05) is 12.0 Å². The summed E-state index contributed by atoms with van der Waals surface area (Å²) in [4.78, 5) is 2.15. The van der Waals surface area contributed by atoms with Gasteiger partial charge in [-0.15, -0.1) is 11.8 Å². The number of thioether (sulfide) groups is 2. The van der Waals surface area contributed by atoms with Gasteiger partial charge in [0, 0.05) is 0 Å². The molecule has 0 aliphatic carbocycles. The molecule has 0 aromatic heterocycles. The lowest BCUT2D eigenvalue weighted by atomic mass is 10.6. The fourth-order valence-electron chi connectivity index (χ4n) is 1.24. The third kappa shape index (κ3) is 6.69. The molecule has 0 aromatic carbocycles. The average Bonchev–Trinajstić information content (AvgIpc) is 1.95. The molecule has 0 heterocycles. The second-order valence-corrected chi connectivity index (χ2v) is 12.7. The SMILES string of the molecule is C=C(C)SCCC(SC)[Si](C)(C)C. The lowest BCUT2D eigenvalue weighted by molar-refractivity contribution is 1.03. The molecule has 0 bridgehead atoms. The molecule has 0 saturated heterocycles. The highest BCUT2D eigenvalue weighted by Crippen LogP contribution is 2.26. The Hall–Kier alpha value is 0.657. The molecule has 0 aliphatic heterocycles. The minimum Gasteiger partial charge on any atom is -0.165 e. The van der Waals surface area contributed by atoms with Crippen LogP contribution in [0.5, 0.6) is 0 Å². The minimum absolute atomic E-state index is 0.902. The first-order valence-corrected chi connectivity index (χ1v) is 10.5. The average molecular weight is 235 g/mol. The maximum Gasteiger partial charge on any atom is 0.0587 e. The molecule has 0 aliphatic rings. The van der Waals surface area contributed by atoms with E-state index in [1.54, 1.807) is 0 Å². The molecule has 0 spiro atoms. The zero-order valence-corrected chi connectivity index (χ0v) is 12.1. The molecule has 3 heteroatoms. The Morgan fingerprint density at radius 1 is 1.38 bits per heavy atom. The van der Waals surface area contributed by atoms with Crippen LogP contribution in [0.3, 0.4) is 0 Å². The summed E-state index contributed by atoms with van der Waals surface area (Å²) < 4.78 is 0. The van der Waals surface area contributed by atoms with Crippen LogP contribution in [0.25, 0.3) is 0 Å². The lowest BCUT2D eigenvalue weighted by Gasteiger charge is -2.27. The zero-order valence-electron chi connectivity index (χ0n) is 9.52. The fraction of sp³-hybridized carbons (Fsp3) is 0.800. The summed E-state index contributed by atoms with van der Waals surface area (Å²) in [5.41, 5.74) is 0. The van der Waals surface area contributed by atoms with Gasteiger partial charge in [0.1, 0.15) is 0 Å². The molecule has 1 unspecified atom stereocenters. The summed E-state index contributed by atoms with van der Waals surface area (Å²) in [5, 5.41) is 0. The highest BCUT2D eigenvalue weighted by atomic mass is 32.2. The predicted octanol–water partition coefficient (Wildman–Crippen LogP) is 4.25. The Morgan fingerprint density at radius 3 is 2.23 bits per heavy atom. The summed E-state index contributed by atoms with van der Waals surface area (Å²) in [6, 6.07) is 0. The van der Waals surface area contributed by atoms with E-state index in [9.17, 15) is 0 Å². The molecular weight excluding hydrogens is 212 g/mol. The Bertz CT molecular complexity index is 161. The van der Waals surface area contributed by atoms with Gasteiger partial charge in [-0.2, -0.15) is 11.8 Å². The van der Waals surface area contributed by atoms with Crippen LogP contribution in [0.15, 0.2) is 11.5 Å². The summed E-state index contributed by atoms with van der Waals surface area (Å²) in [6.07, 6.45) is 3.59. The largest absolute Gasteiger partial charge is 0.165 e. The monoisotopic (exact) mass is 234 g/mol. The first kappa shape index (κ1) is 13.7. The van der Waals surface area contributed by atoms with Gasteiger partial charge in [0.05, 0.1) is 8.07 Å². The molecule has 13 heavy (non-hydrogen) atoms. The number of rotatable bonds is 6. The first-order valence-electron chi connectivity index (χ1n) is 4.69. The Kier molecular flexibility index (Phi) is 6.51. The van der Waals surface area contributed by atoms with E-state index in [-0.39, 0.29) is 0 Å². The van der Waals surface area contributed by atoms with Gasteiger partial charge in [-0.1, -0.05) is 26.2 Å². The first-order chi connectivity index (χ1) is 5.88. The van der Waals surface area contributed by atoms with E-state index in [1.165, 1.54) is 17.1 Å². The lowest BCUT2D eigenvalue weighted by Crippen LogP contribution is -2.35. The third-order valence-electron chi connectivity index (χ3n) is 1.98. The minimum atomic E-state index is -0.939. The second kappa shape index (κ2) is 6.20. The van der Waals surface area contributed by atoms with Gasteiger partial charge < -0.3 is 0 Å². The number of allylic oxidation sites excluding steroid dienone is 1. The molecule has 78 valence electrons. The van der Waals surface area contributed by atoms with Crippen molar-refractivity contribution in [1.82, 2.24) is 0 Å². The number of hydrogen-bond donors (Lipinski definition) is 0. The molecule has 1 atom stereocenters. The molecule has 0 amide bonds. The van der Waals surface area contributed by atoms with Crippen molar-refractivity contribution >= 4 is 31.6 Å². The maximum absolute atomic E-state index is 3.91. The van der Waals surface area contributed by atoms with Crippen LogP contribution in [0.4, 0.5) is 0 Å². The van der Waals surface area contributed by atoms with Gasteiger partial charge in [0.25, 0.3) is 0 Å². The van der Waals surface area contributed by atoms with Gasteiger partial charge in [-0.25, -0.2) is 0 Å². The second-order valence-electron chi connectivity index (χ2n) is 4.43. The van der Waals surface area contributed by atoms with Crippen LogP contribution < -0.4 is 0 Å². The van der Waals surface area contributed by atoms with Gasteiger partial charge in [-0.05, 0) is 35.1 Å². The van der Waals surface area contributed by atoms with Crippen LogP contribution in [-0.4, -0.2) is 25.0 Å². The van der Waals surface area contributed by atoms with Crippen molar-refractivity contribution in [2.24, 2.45) is 0 Å². The Morgan fingerprint density at radius 2 is 1.92 bits per heavy atom. The molecule has 0 fully saturated rings. The van der Waals surface area contributed by atoms with Crippen molar-refractivity contribution < 1.29 is 0 Å². The van der Waals surface area contributed by atoms with Crippen LogP contribution in [-0.2, 0) is 0 Å². The molecule has 0 nitrogen and oxygen atoms in total. The highest BCUT2D eigenvalue weighted by Gasteiger charge is 2.25. The van der Waals surface area contributed by atoms with E-state index in [4.69, 9.17) is 0 Å². The smallest absolute Gasteiger partial charge is 0.0587 e. The van der Waals surface area contributed by atoms with Crippen molar-refractivity contribution in [2.45, 2.75) is 37.9 Å². The van der Waals surface area contributed by atoms with E-state index in [2.05, 4.69) is 39.4 Å².